The van der Waals surface area contributed by atoms with E-state index in [-0.39, 0.29) is 18.4 Å². The lowest BCUT2D eigenvalue weighted by Gasteiger charge is -2.33. The highest BCUT2D eigenvalue weighted by atomic mass is 35.5. The Hall–Kier alpha value is -2.56. The highest BCUT2D eigenvalue weighted by Crippen LogP contribution is 2.25. The third-order valence-electron chi connectivity index (χ3n) is 5.73. The minimum Gasteiger partial charge on any atom is -0.350 e. The molecule has 4 nitrogen and oxygen atoms in total. The maximum atomic E-state index is 13.6. The van der Waals surface area contributed by atoms with Gasteiger partial charge in [-0.2, -0.15) is 0 Å². The SMILES string of the molecule is CC[C@H](C(=O)NC(C)(C)C)N(Cc1ccc(Cl)cc1Cl)C(=O)CCc1cccc2ccccc12. The molecule has 1 atom stereocenters. The number of nitrogens with zero attached hydrogens (tertiary/aromatic N) is 1. The van der Waals surface area contributed by atoms with E-state index in [9.17, 15) is 9.59 Å². The number of carbonyl (C=O) groups is 2. The van der Waals surface area contributed by atoms with Crippen molar-refractivity contribution in [1.82, 2.24) is 10.2 Å². The molecule has 3 rings (SSSR count). The summed E-state index contributed by atoms with van der Waals surface area (Å²) in [5.74, 6) is -0.256. The number of amides is 2. The van der Waals surface area contributed by atoms with E-state index >= 15 is 0 Å². The summed E-state index contributed by atoms with van der Waals surface area (Å²) in [5.41, 5.74) is 1.47. The van der Waals surface area contributed by atoms with Gasteiger partial charge in [0.25, 0.3) is 0 Å². The lowest BCUT2D eigenvalue weighted by atomic mass is 10.00. The van der Waals surface area contributed by atoms with Crippen molar-refractivity contribution in [2.45, 2.75) is 65.1 Å². The minimum atomic E-state index is -0.606. The normalized spacial score (nSPS) is 12.4. The highest BCUT2D eigenvalue weighted by Gasteiger charge is 2.30. The second kappa shape index (κ2) is 11.2. The molecule has 0 saturated carbocycles. The monoisotopic (exact) mass is 498 g/mol. The van der Waals surface area contributed by atoms with Crippen LogP contribution >= 0.6 is 23.2 Å². The molecule has 6 heteroatoms. The number of hydrogen-bond donors (Lipinski definition) is 1. The summed E-state index contributed by atoms with van der Waals surface area (Å²) >= 11 is 12.5. The first-order valence-corrected chi connectivity index (χ1v) is 12.4. The molecule has 0 unspecified atom stereocenters. The molecule has 0 radical (unpaired) electrons. The standard InChI is InChI=1S/C28H32Cl2N2O2/c1-5-25(27(34)31-28(2,3)4)32(18-21-13-15-22(29)17-24(21)30)26(33)16-14-20-11-8-10-19-9-6-7-12-23(19)20/h6-13,15,17,25H,5,14,16,18H2,1-4H3,(H,31,34)/t25-/m1/s1. The van der Waals surface area contributed by atoms with Gasteiger partial charge in [-0.1, -0.05) is 78.7 Å². The van der Waals surface area contributed by atoms with Gasteiger partial charge in [0, 0.05) is 28.5 Å². The molecular formula is C28H32Cl2N2O2. The van der Waals surface area contributed by atoms with Gasteiger partial charge in [0.15, 0.2) is 0 Å². The van der Waals surface area contributed by atoms with Crippen LogP contribution in [0.5, 0.6) is 0 Å². The van der Waals surface area contributed by atoms with Crippen molar-refractivity contribution in [1.29, 1.82) is 0 Å². The number of aryl methyl sites for hydroxylation is 1. The van der Waals surface area contributed by atoms with Crippen LogP contribution in [-0.2, 0) is 22.6 Å². The third kappa shape index (κ3) is 6.74. The van der Waals surface area contributed by atoms with E-state index in [4.69, 9.17) is 23.2 Å². The minimum absolute atomic E-state index is 0.0881. The molecule has 1 N–H and O–H groups in total. The van der Waals surface area contributed by atoms with Gasteiger partial charge in [0.1, 0.15) is 6.04 Å². The Morgan fingerprint density at radius 3 is 2.35 bits per heavy atom. The van der Waals surface area contributed by atoms with Gasteiger partial charge in [-0.3, -0.25) is 9.59 Å². The molecule has 0 fully saturated rings. The molecule has 0 aliphatic heterocycles. The Balaban J connectivity index is 1.87. The molecule has 0 spiro atoms. The molecule has 0 saturated heterocycles. The van der Waals surface area contributed by atoms with Crippen LogP contribution < -0.4 is 5.32 Å². The first-order valence-electron chi connectivity index (χ1n) is 11.6. The van der Waals surface area contributed by atoms with Gasteiger partial charge in [0.2, 0.25) is 11.8 Å². The summed E-state index contributed by atoms with van der Waals surface area (Å²) < 4.78 is 0. The maximum Gasteiger partial charge on any atom is 0.243 e. The highest BCUT2D eigenvalue weighted by molar-refractivity contribution is 6.35. The summed E-state index contributed by atoms with van der Waals surface area (Å²) in [6.07, 6.45) is 1.37. The van der Waals surface area contributed by atoms with Crippen molar-refractivity contribution in [3.63, 3.8) is 0 Å². The van der Waals surface area contributed by atoms with Crippen molar-refractivity contribution in [3.8, 4) is 0 Å². The van der Waals surface area contributed by atoms with Gasteiger partial charge in [-0.25, -0.2) is 0 Å². The van der Waals surface area contributed by atoms with Gasteiger partial charge in [0.05, 0.1) is 0 Å². The molecule has 3 aromatic carbocycles. The zero-order valence-electron chi connectivity index (χ0n) is 20.2. The van der Waals surface area contributed by atoms with E-state index in [1.165, 1.54) is 0 Å². The summed E-state index contributed by atoms with van der Waals surface area (Å²) in [6.45, 7) is 7.95. The number of rotatable bonds is 8. The van der Waals surface area contributed by atoms with Gasteiger partial charge in [-0.15, -0.1) is 0 Å². The third-order valence-corrected chi connectivity index (χ3v) is 6.32. The van der Waals surface area contributed by atoms with Crippen molar-refractivity contribution < 1.29 is 9.59 Å². The van der Waals surface area contributed by atoms with E-state index in [1.54, 1.807) is 17.0 Å². The zero-order chi connectivity index (χ0) is 24.9. The predicted octanol–water partition coefficient (Wildman–Crippen LogP) is 6.80. The average Bonchev–Trinajstić information content (AvgIpc) is 2.77. The van der Waals surface area contributed by atoms with Crippen molar-refractivity contribution >= 4 is 45.8 Å². The van der Waals surface area contributed by atoms with Gasteiger partial charge >= 0.3 is 0 Å². The largest absolute Gasteiger partial charge is 0.350 e. The molecule has 34 heavy (non-hydrogen) atoms. The van der Waals surface area contributed by atoms with E-state index in [0.29, 0.717) is 29.3 Å². The lowest BCUT2D eigenvalue weighted by Crippen LogP contribution is -2.53. The molecule has 0 aromatic heterocycles. The quantitative estimate of drug-likeness (QED) is 0.371. The molecule has 0 aliphatic rings. The smallest absolute Gasteiger partial charge is 0.243 e. The van der Waals surface area contributed by atoms with Gasteiger partial charge in [-0.05, 0) is 67.6 Å². The summed E-state index contributed by atoms with van der Waals surface area (Å²) in [7, 11) is 0. The molecule has 2 amide bonds. The second-order valence-corrected chi connectivity index (χ2v) is 10.4. The number of nitrogens with one attached hydrogen (secondary N) is 1. The van der Waals surface area contributed by atoms with Gasteiger partial charge < -0.3 is 10.2 Å². The van der Waals surface area contributed by atoms with Crippen LogP contribution in [0.2, 0.25) is 10.0 Å². The number of benzene rings is 3. The fourth-order valence-corrected chi connectivity index (χ4v) is 4.57. The first-order chi connectivity index (χ1) is 16.1. The molecule has 0 bridgehead atoms. The number of halogens is 2. The fourth-order valence-electron chi connectivity index (χ4n) is 4.10. The van der Waals surface area contributed by atoms with Crippen molar-refractivity contribution in [2.75, 3.05) is 0 Å². The summed E-state index contributed by atoms with van der Waals surface area (Å²) in [5, 5.41) is 6.32. The summed E-state index contributed by atoms with van der Waals surface area (Å²) in [4.78, 5) is 28.4. The molecule has 180 valence electrons. The van der Waals surface area contributed by atoms with E-state index in [2.05, 4.69) is 29.6 Å². The van der Waals surface area contributed by atoms with Crippen LogP contribution in [0.1, 0.15) is 51.7 Å². The Labute approximate surface area is 212 Å². The Bertz CT molecular complexity index is 1170. The van der Waals surface area contributed by atoms with Crippen molar-refractivity contribution in [3.05, 3.63) is 81.8 Å². The van der Waals surface area contributed by atoms with Crippen LogP contribution in [0.3, 0.4) is 0 Å². The van der Waals surface area contributed by atoms with Crippen molar-refractivity contribution in [2.24, 2.45) is 0 Å². The van der Waals surface area contributed by atoms with Crippen LogP contribution in [-0.4, -0.2) is 28.3 Å². The number of hydrogen-bond acceptors (Lipinski definition) is 2. The van der Waals surface area contributed by atoms with Crippen LogP contribution in [0.15, 0.2) is 60.7 Å². The Kier molecular flexibility index (Phi) is 8.62. The van der Waals surface area contributed by atoms with Crippen LogP contribution in [0.25, 0.3) is 10.8 Å². The molecule has 3 aromatic rings. The van der Waals surface area contributed by atoms with Crippen LogP contribution in [0, 0.1) is 0 Å². The number of fused-ring (bicyclic) bond motifs is 1. The first kappa shape index (κ1) is 26.1. The topological polar surface area (TPSA) is 49.4 Å². The van der Waals surface area contributed by atoms with E-state index in [0.717, 1.165) is 21.9 Å². The van der Waals surface area contributed by atoms with Crippen LogP contribution in [0.4, 0.5) is 0 Å². The fraction of sp³-hybridized carbons (Fsp3) is 0.357. The Morgan fingerprint density at radius 2 is 1.68 bits per heavy atom. The predicted molar refractivity (Wildman–Crippen MR) is 141 cm³/mol. The number of carbonyl (C=O) groups excluding carboxylic acids is 2. The zero-order valence-corrected chi connectivity index (χ0v) is 21.7. The molecule has 0 heterocycles. The molecular weight excluding hydrogens is 467 g/mol. The summed E-state index contributed by atoms with van der Waals surface area (Å²) in [6, 6.07) is 18.9. The Morgan fingerprint density at radius 1 is 0.971 bits per heavy atom. The molecule has 0 aliphatic carbocycles. The lowest BCUT2D eigenvalue weighted by molar-refractivity contribution is -0.142. The second-order valence-electron chi connectivity index (χ2n) is 9.56. The average molecular weight is 499 g/mol. The van der Waals surface area contributed by atoms with E-state index in [1.807, 2.05) is 52.0 Å². The van der Waals surface area contributed by atoms with E-state index < -0.39 is 11.6 Å². The maximum absolute atomic E-state index is 13.6.